The van der Waals surface area contributed by atoms with Gasteiger partial charge in [-0.25, -0.2) is 9.78 Å². The summed E-state index contributed by atoms with van der Waals surface area (Å²) in [4.78, 5) is 17.9. The molecule has 1 atom stereocenters. The molecule has 30 heavy (non-hydrogen) atoms. The number of ether oxygens (including phenoxy) is 2. The predicted octanol–water partition coefficient (Wildman–Crippen LogP) is 4.90. The van der Waals surface area contributed by atoms with Gasteiger partial charge in [0.2, 0.25) is 5.88 Å². The fourth-order valence-electron chi connectivity index (χ4n) is 3.22. The Kier molecular flexibility index (Phi) is 5.81. The summed E-state index contributed by atoms with van der Waals surface area (Å²) in [6, 6.07) is 12.2. The van der Waals surface area contributed by atoms with Gasteiger partial charge in [-0.15, -0.1) is 22.7 Å². The van der Waals surface area contributed by atoms with Crippen molar-refractivity contribution in [3.63, 3.8) is 0 Å². The second-order valence-corrected chi connectivity index (χ2v) is 9.68. The first kappa shape index (κ1) is 20.5. The van der Waals surface area contributed by atoms with Crippen molar-refractivity contribution < 1.29 is 14.3 Å². The lowest BCUT2D eigenvalue weighted by Crippen LogP contribution is -2.24. The highest BCUT2D eigenvalue weighted by Crippen LogP contribution is 2.42. The third-order valence-corrected chi connectivity index (χ3v) is 7.90. The van der Waals surface area contributed by atoms with Crippen molar-refractivity contribution in [2.75, 3.05) is 7.11 Å². The van der Waals surface area contributed by atoms with Crippen LogP contribution in [-0.2, 0) is 20.0 Å². The lowest BCUT2D eigenvalue weighted by atomic mass is 9.87. The molecule has 0 saturated carbocycles. The average molecular weight is 456 g/mol. The van der Waals surface area contributed by atoms with Gasteiger partial charge in [0.25, 0.3) is 0 Å². The Bertz CT molecular complexity index is 1200. The first-order chi connectivity index (χ1) is 14.5. The van der Waals surface area contributed by atoms with Gasteiger partial charge >= 0.3 is 5.97 Å². The Morgan fingerprint density at radius 2 is 2.23 bits per heavy atom. The second-order valence-electron chi connectivity index (χ2n) is 6.48. The zero-order valence-electron chi connectivity index (χ0n) is 16.2. The van der Waals surface area contributed by atoms with Crippen LogP contribution in [0.3, 0.4) is 0 Å². The number of benzene rings is 1. The van der Waals surface area contributed by atoms with Crippen LogP contribution in [0.2, 0.25) is 0 Å². The number of allylic oxidation sites excluding steroid dienone is 2. The number of hydrogen-bond donors (Lipinski definition) is 1. The number of aromatic nitrogens is 1. The van der Waals surface area contributed by atoms with E-state index in [0.29, 0.717) is 11.3 Å². The molecule has 9 heteroatoms. The number of carbonyl (C=O) groups excluding carboxylic acids is 1. The van der Waals surface area contributed by atoms with Gasteiger partial charge in [-0.1, -0.05) is 23.9 Å². The Balaban J connectivity index is 1.59. The topological polar surface area (TPSA) is 98.2 Å². The van der Waals surface area contributed by atoms with Gasteiger partial charge in [0, 0.05) is 10.6 Å². The fourth-order valence-corrected chi connectivity index (χ4v) is 6.35. The van der Waals surface area contributed by atoms with Crippen LogP contribution in [0, 0.1) is 11.3 Å². The molecular weight excluding hydrogens is 438 g/mol. The molecule has 1 aliphatic rings. The van der Waals surface area contributed by atoms with E-state index in [4.69, 9.17) is 15.2 Å². The highest BCUT2D eigenvalue weighted by Gasteiger charge is 2.36. The summed E-state index contributed by atoms with van der Waals surface area (Å²) in [5, 5.41) is 11.7. The molecule has 0 radical (unpaired) electrons. The van der Waals surface area contributed by atoms with E-state index in [0.717, 1.165) is 30.7 Å². The number of methoxy groups -OCH3 is 1. The molecule has 6 nitrogen and oxygen atoms in total. The highest BCUT2D eigenvalue weighted by molar-refractivity contribution is 8.00. The predicted molar refractivity (Wildman–Crippen MR) is 119 cm³/mol. The summed E-state index contributed by atoms with van der Waals surface area (Å²) in [5.74, 6) is -0.0239. The van der Waals surface area contributed by atoms with Crippen LogP contribution in [0.1, 0.15) is 23.3 Å². The van der Waals surface area contributed by atoms with Gasteiger partial charge in [-0.3, -0.25) is 0 Å². The van der Waals surface area contributed by atoms with Crippen LogP contribution in [-0.4, -0.2) is 18.1 Å². The first-order valence-corrected chi connectivity index (χ1v) is 11.6. The van der Waals surface area contributed by atoms with E-state index >= 15 is 0 Å². The summed E-state index contributed by atoms with van der Waals surface area (Å²) in [7, 11) is 1.31. The highest BCUT2D eigenvalue weighted by atomic mass is 32.2. The Morgan fingerprint density at radius 3 is 2.97 bits per heavy atom. The van der Waals surface area contributed by atoms with Crippen molar-refractivity contribution in [1.29, 1.82) is 5.26 Å². The zero-order chi connectivity index (χ0) is 21.3. The van der Waals surface area contributed by atoms with Gasteiger partial charge in [0.1, 0.15) is 17.4 Å². The molecule has 2 aromatic heterocycles. The normalized spacial score (nSPS) is 16.5. The number of fused-ring (bicyclic) bond motifs is 1. The van der Waals surface area contributed by atoms with E-state index in [9.17, 15) is 10.1 Å². The molecule has 0 bridgehead atoms. The molecule has 2 N–H and O–H groups in total. The van der Waals surface area contributed by atoms with Crippen LogP contribution >= 0.6 is 34.4 Å². The third kappa shape index (κ3) is 3.81. The lowest BCUT2D eigenvalue weighted by molar-refractivity contribution is -0.136. The van der Waals surface area contributed by atoms with Crippen LogP contribution in [0.15, 0.2) is 62.8 Å². The van der Waals surface area contributed by atoms with Crippen LogP contribution < -0.4 is 5.73 Å². The summed E-state index contributed by atoms with van der Waals surface area (Å²) >= 11 is 4.81. The van der Waals surface area contributed by atoms with E-state index in [1.165, 1.54) is 18.4 Å². The quantitative estimate of drug-likeness (QED) is 0.431. The van der Waals surface area contributed by atoms with Crippen LogP contribution in [0.25, 0.3) is 10.2 Å². The molecule has 0 aliphatic carbocycles. The number of nitrogens with two attached hydrogens (primary N) is 1. The maximum Gasteiger partial charge on any atom is 0.338 e. The molecule has 0 amide bonds. The summed E-state index contributed by atoms with van der Waals surface area (Å²) in [6.45, 7) is 1.65. The molecule has 0 saturated heterocycles. The number of thioether (sulfide) groups is 1. The van der Waals surface area contributed by atoms with Crippen molar-refractivity contribution >= 4 is 50.6 Å². The SMILES string of the molecule is COC(=O)C1=C(C)OC(N)=C(C#N)C1c1cc(CSc2nc3ccccc3s2)cs1. The number of thiophene rings is 1. The maximum absolute atomic E-state index is 12.4. The lowest BCUT2D eigenvalue weighted by Gasteiger charge is -2.25. The standard InChI is InChI=1S/C21H17N3O3S3/c1-11-17(20(25)26-2)18(13(8-22)19(23)27-11)16-7-12(9-28-16)10-29-21-24-14-5-3-4-6-15(14)30-21/h3-7,9,18H,10,23H2,1-2H3. The second kappa shape index (κ2) is 8.52. The van der Waals surface area contributed by atoms with Crippen molar-refractivity contribution in [1.82, 2.24) is 4.98 Å². The molecular formula is C21H17N3O3S3. The maximum atomic E-state index is 12.4. The minimum Gasteiger partial charge on any atom is -0.466 e. The molecule has 0 spiro atoms. The monoisotopic (exact) mass is 455 g/mol. The van der Waals surface area contributed by atoms with Crippen molar-refractivity contribution in [3.8, 4) is 6.07 Å². The summed E-state index contributed by atoms with van der Waals surface area (Å²) in [5.41, 5.74) is 8.54. The number of nitriles is 1. The molecule has 3 aromatic rings. The Labute approximate surface area is 185 Å². The fraction of sp³-hybridized carbons (Fsp3) is 0.190. The van der Waals surface area contributed by atoms with Crippen molar-refractivity contribution in [2.45, 2.75) is 22.9 Å². The van der Waals surface area contributed by atoms with Gasteiger partial charge in [-0.05, 0) is 36.1 Å². The minimum absolute atomic E-state index is 0.0199. The summed E-state index contributed by atoms with van der Waals surface area (Å²) < 4.78 is 12.5. The average Bonchev–Trinajstić information content (AvgIpc) is 3.37. The van der Waals surface area contributed by atoms with Gasteiger partial charge in [0.15, 0.2) is 4.34 Å². The number of rotatable bonds is 5. The number of nitrogens with zero attached hydrogens (tertiary/aromatic N) is 2. The molecule has 152 valence electrons. The molecule has 1 unspecified atom stereocenters. The Morgan fingerprint density at radius 1 is 1.43 bits per heavy atom. The number of esters is 1. The number of hydrogen-bond acceptors (Lipinski definition) is 9. The summed E-state index contributed by atoms with van der Waals surface area (Å²) in [6.07, 6.45) is 0. The van der Waals surface area contributed by atoms with E-state index in [-0.39, 0.29) is 11.5 Å². The van der Waals surface area contributed by atoms with Crippen molar-refractivity contribution in [2.24, 2.45) is 5.73 Å². The largest absolute Gasteiger partial charge is 0.466 e. The van der Waals surface area contributed by atoms with Crippen LogP contribution in [0.4, 0.5) is 0 Å². The minimum atomic E-state index is -0.595. The molecule has 1 aliphatic heterocycles. The van der Waals surface area contributed by atoms with Gasteiger partial charge in [0.05, 0.1) is 28.8 Å². The third-order valence-electron chi connectivity index (χ3n) is 4.61. The number of para-hydroxylation sites is 1. The zero-order valence-corrected chi connectivity index (χ0v) is 18.6. The molecule has 0 fully saturated rings. The molecule has 3 heterocycles. The van der Waals surface area contributed by atoms with Crippen LogP contribution in [0.5, 0.6) is 0 Å². The van der Waals surface area contributed by atoms with Gasteiger partial charge in [-0.2, -0.15) is 5.26 Å². The van der Waals surface area contributed by atoms with Crippen molar-refractivity contribution in [3.05, 3.63) is 68.9 Å². The Hall–Kier alpha value is -2.80. The van der Waals surface area contributed by atoms with E-state index in [2.05, 4.69) is 17.1 Å². The number of carbonyl (C=O) groups is 1. The van der Waals surface area contributed by atoms with E-state index < -0.39 is 11.9 Å². The van der Waals surface area contributed by atoms with Gasteiger partial charge < -0.3 is 15.2 Å². The van der Waals surface area contributed by atoms with E-state index in [1.807, 2.05) is 29.6 Å². The first-order valence-electron chi connectivity index (χ1n) is 8.94. The number of thiazole rings is 1. The molecule has 4 rings (SSSR count). The van der Waals surface area contributed by atoms with E-state index in [1.54, 1.807) is 30.0 Å². The molecule has 1 aromatic carbocycles. The smallest absolute Gasteiger partial charge is 0.338 e.